The second kappa shape index (κ2) is 6.78. The fourth-order valence-electron chi connectivity index (χ4n) is 1.85. The Hall–Kier alpha value is -2.04. The highest BCUT2D eigenvalue weighted by atomic mass is 16.6. The van der Waals surface area contributed by atoms with Crippen LogP contribution in [0.25, 0.3) is 0 Å². The molecule has 0 saturated carbocycles. The molecule has 0 spiro atoms. The zero-order valence-corrected chi connectivity index (χ0v) is 10.8. The summed E-state index contributed by atoms with van der Waals surface area (Å²) in [7, 11) is 1.60. The van der Waals surface area contributed by atoms with Crippen molar-refractivity contribution in [3.05, 3.63) is 59.7 Å². The summed E-state index contributed by atoms with van der Waals surface area (Å²) < 4.78 is 11.1. The Bertz CT molecular complexity index is 514. The molecule has 19 heavy (non-hydrogen) atoms. The van der Waals surface area contributed by atoms with Gasteiger partial charge in [-0.3, -0.25) is 4.84 Å². The zero-order valence-electron chi connectivity index (χ0n) is 10.8. The molecule has 0 aliphatic rings. The number of nitrogens with two attached hydrogens (primary N) is 1. The molecular weight excluding hydrogens is 242 g/mol. The summed E-state index contributed by atoms with van der Waals surface area (Å²) in [5, 5.41) is 0. The van der Waals surface area contributed by atoms with Crippen molar-refractivity contribution >= 4 is 0 Å². The van der Waals surface area contributed by atoms with Crippen LogP contribution in [-0.2, 0) is 18.1 Å². The van der Waals surface area contributed by atoms with Crippen LogP contribution < -0.4 is 15.4 Å². The van der Waals surface area contributed by atoms with Gasteiger partial charge in [0.25, 0.3) is 0 Å². The molecule has 0 bridgehead atoms. The number of hydrogen-bond acceptors (Lipinski definition) is 4. The fourth-order valence-corrected chi connectivity index (χ4v) is 1.85. The van der Waals surface area contributed by atoms with Gasteiger partial charge in [0.2, 0.25) is 0 Å². The Kier molecular flexibility index (Phi) is 4.78. The molecule has 2 N–H and O–H groups in total. The third-order valence-corrected chi connectivity index (χ3v) is 2.74. The van der Waals surface area contributed by atoms with Crippen molar-refractivity contribution in [1.29, 1.82) is 0 Å². The van der Waals surface area contributed by atoms with E-state index in [0.717, 1.165) is 11.1 Å². The molecule has 0 radical (unpaired) electrons. The summed E-state index contributed by atoms with van der Waals surface area (Å²) in [6.45, 7) is 0.774. The van der Waals surface area contributed by atoms with Gasteiger partial charge in [-0.15, -0.1) is 0 Å². The lowest BCUT2D eigenvalue weighted by atomic mass is 10.2. The van der Waals surface area contributed by atoms with Crippen LogP contribution in [0.15, 0.2) is 48.5 Å². The van der Waals surface area contributed by atoms with Crippen molar-refractivity contribution in [3.8, 4) is 11.5 Å². The van der Waals surface area contributed by atoms with Gasteiger partial charge in [0.1, 0.15) is 6.61 Å². The van der Waals surface area contributed by atoms with Gasteiger partial charge in [-0.05, 0) is 11.6 Å². The van der Waals surface area contributed by atoms with E-state index >= 15 is 0 Å². The van der Waals surface area contributed by atoms with E-state index in [1.807, 2.05) is 48.5 Å². The van der Waals surface area contributed by atoms with Crippen LogP contribution in [0.2, 0.25) is 0 Å². The smallest absolute Gasteiger partial charge is 0.166 e. The van der Waals surface area contributed by atoms with Crippen molar-refractivity contribution in [2.75, 3.05) is 7.11 Å². The summed E-state index contributed by atoms with van der Waals surface area (Å²) >= 11 is 0. The lowest BCUT2D eigenvalue weighted by molar-refractivity contribution is 0.121. The Balaban J connectivity index is 2.13. The summed E-state index contributed by atoms with van der Waals surface area (Å²) in [6, 6.07) is 15.6. The highest BCUT2D eigenvalue weighted by Gasteiger charge is 2.10. The lowest BCUT2D eigenvalue weighted by Crippen LogP contribution is -2.03. The molecule has 2 aromatic carbocycles. The molecule has 4 nitrogen and oxygen atoms in total. The molecule has 0 heterocycles. The first-order valence-corrected chi connectivity index (χ1v) is 5.99. The largest absolute Gasteiger partial charge is 0.492 e. The molecule has 2 aromatic rings. The van der Waals surface area contributed by atoms with Crippen molar-refractivity contribution in [2.24, 2.45) is 5.90 Å². The minimum absolute atomic E-state index is 0.283. The van der Waals surface area contributed by atoms with E-state index in [1.165, 1.54) is 0 Å². The average molecular weight is 259 g/mol. The van der Waals surface area contributed by atoms with Gasteiger partial charge in [0.15, 0.2) is 11.5 Å². The van der Waals surface area contributed by atoms with E-state index in [-0.39, 0.29) is 6.61 Å². The van der Waals surface area contributed by atoms with Crippen LogP contribution in [0.1, 0.15) is 11.1 Å². The number of rotatable bonds is 6. The molecular formula is C15H17NO3. The number of benzene rings is 2. The zero-order chi connectivity index (χ0) is 13.5. The molecule has 100 valence electrons. The molecule has 0 aliphatic heterocycles. The van der Waals surface area contributed by atoms with Gasteiger partial charge in [-0.2, -0.15) is 0 Å². The van der Waals surface area contributed by atoms with E-state index in [0.29, 0.717) is 18.1 Å². The Labute approximate surface area is 112 Å². The number of methoxy groups -OCH3 is 1. The van der Waals surface area contributed by atoms with Crippen LogP contribution in [0, 0.1) is 0 Å². The van der Waals surface area contributed by atoms with E-state index < -0.39 is 0 Å². The van der Waals surface area contributed by atoms with E-state index in [2.05, 4.69) is 4.84 Å². The second-order valence-electron chi connectivity index (χ2n) is 4.03. The monoisotopic (exact) mass is 259 g/mol. The molecule has 2 rings (SSSR count). The predicted octanol–water partition coefficient (Wildman–Crippen LogP) is 2.66. The lowest BCUT2D eigenvalue weighted by Gasteiger charge is -2.13. The molecule has 0 aliphatic carbocycles. The molecule has 0 saturated heterocycles. The molecule has 0 amide bonds. The maximum absolute atomic E-state index is 5.78. The highest BCUT2D eigenvalue weighted by molar-refractivity contribution is 5.46. The van der Waals surface area contributed by atoms with E-state index in [4.69, 9.17) is 15.4 Å². The Morgan fingerprint density at radius 3 is 2.42 bits per heavy atom. The van der Waals surface area contributed by atoms with Crippen LogP contribution in [0.4, 0.5) is 0 Å². The number of ether oxygens (including phenoxy) is 2. The summed E-state index contributed by atoms with van der Waals surface area (Å²) in [5.41, 5.74) is 1.96. The van der Waals surface area contributed by atoms with Crippen molar-refractivity contribution in [1.82, 2.24) is 0 Å². The molecule has 0 fully saturated rings. The van der Waals surface area contributed by atoms with Crippen LogP contribution in [0.5, 0.6) is 11.5 Å². The maximum atomic E-state index is 5.78. The minimum atomic E-state index is 0.283. The van der Waals surface area contributed by atoms with Crippen molar-refractivity contribution < 1.29 is 14.3 Å². The first kappa shape index (κ1) is 13.4. The third-order valence-electron chi connectivity index (χ3n) is 2.74. The number of para-hydroxylation sites is 1. The summed E-state index contributed by atoms with van der Waals surface area (Å²) in [6.07, 6.45) is 0. The van der Waals surface area contributed by atoms with Gasteiger partial charge in [-0.1, -0.05) is 42.5 Å². The van der Waals surface area contributed by atoms with Gasteiger partial charge in [-0.25, -0.2) is 5.90 Å². The topological polar surface area (TPSA) is 53.7 Å². The number of hydrogen-bond donors (Lipinski definition) is 1. The molecule has 0 aromatic heterocycles. The summed E-state index contributed by atoms with van der Waals surface area (Å²) in [5.74, 6) is 6.44. The molecule has 0 unspecified atom stereocenters. The van der Waals surface area contributed by atoms with Gasteiger partial charge >= 0.3 is 0 Å². The third kappa shape index (κ3) is 3.47. The van der Waals surface area contributed by atoms with Crippen LogP contribution >= 0.6 is 0 Å². The first-order valence-electron chi connectivity index (χ1n) is 5.99. The van der Waals surface area contributed by atoms with Gasteiger partial charge in [0, 0.05) is 5.56 Å². The fraction of sp³-hybridized carbons (Fsp3) is 0.200. The van der Waals surface area contributed by atoms with Gasteiger partial charge in [0.05, 0.1) is 13.7 Å². The van der Waals surface area contributed by atoms with E-state index in [1.54, 1.807) is 7.11 Å². The quantitative estimate of drug-likeness (QED) is 0.810. The molecule has 4 heteroatoms. The standard InChI is InChI=1S/C15H17NO3/c1-17-15-13(11-19-16)8-5-9-14(15)18-10-12-6-3-2-4-7-12/h2-9H,10-11,16H2,1H3. The first-order chi connectivity index (χ1) is 9.35. The van der Waals surface area contributed by atoms with Gasteiger partial charge < -0.3 is 9.47 Å². The predicted molar refractivity (Wildman–Crippen MR) is 72.7 cm³/mol. The average Bonchev–Trinajstić information content (AvgIpc) is 2.46. The van der Waals surface area contributed by atoms with Crippen molar-refractivity contribution in [2.45, 2.75) is 13.2 Å². The Morgan fingerprint density at radius 1 is 0.947 bits per heavy atom. The minimum Gasteiger partial charge on any atom is -0.492 e. The summed E-state index contributed by atoms with van der Waals surface area (Å²) in [4.78, 5) is 4.65. The SMILES string of the molecule is COc1c(CON)cccc1OCc1ccccc1. The second-order valence-corrected chi connectivity index (χ2v) is 4.03. The Morgan fingerprint density at radius 2 is 1.74 bits per heavy atom. The normalized spacial score (nSPS) is 10.2. The highest BCUT2D eigenvalue weighted by Crippen LogP contribution is 2.31. The molecule has 0 atom stereocenters. The van der Waals surface area contributed by atoms with Crippen LogP contribution in [0.3, 0.4) is 0 Å². The van der Waals surface area contributed by atoms with Crippen LogP contribution in [-0.4, -0.2) is 7.11 Å². The van der Waals surface area contributed by atoms with Crippen molar-refractivity contribution in [3.63, 3.8) is 0 Å². The maximum Gasteiger partial charge on any atom is 0.166 e. The van der Waals surface area contributed by atoms with E-state index in [9.17, 15) is 0 Å².